The number of pyridine rings is 1. The Morgan fingerprint density at radius 3 is 2.60 bits per heavy atom. The van der Waals surface area contributed by atoms with Crippen LogP contribution in [0.1, 0.15) is 43.6 Å². The molecule has 0 unspecified atom stereocenters. The Morgan fingerprint density at radius 1 is 1.15 bits per heavy atom. The number of aromatic amines is 1. The van der Waals surface area contributed by atoms with Crippen LogP contribution in [0.25, 0.3) is 11.0 Å². The second-order valence-electron chi connectivity index (χ2n) is 10.5. The van der Waals surface area contributed by atoms with E-state index in [-0.39, 0.29) is 43.2 Å². The van der Waals surface area contributed by atoms with Crippen molar-refractivity contribution >= 4 is 28.6 Å². The number of H-pyrrole nitrogens is 1. The summed E-state index contributed by atoms with van der Waals surface area (Å²) in [6, 6.07) is 8.56. The summed E-state index contributed by atoms with van der Waals surface area (Å²) < 4.78 is 6.40. The Hall–Kier alpha value is -4.05. The molecule has 40 heavy (non-hydrogen) atoms. The van der Waals surface area contributed by atoms with Crippen molar-refractivity contribution in [2.75, 3.05) is 27.8 Å². The molecular weight excluding hydrogens is 510 g/mol. The molecule has 1 aromatic carbocycles. The van der Waals surface area contributed by atoms with Crippen LogP contribution in [0.3, 0.4) is 0 Å². The van der Waals surface area contributed by atoms with Gasteiger partial charge in [0.1, 0.15) is 12.4 Å². The molecule has 214 valence electrons. The fraction of sp³-hybridized carbons (Fsp3) is 0.433. The van der Waals surface area contributed by atoms with Crippen LogP contribution in [-0.4, -0.2) is 70.9 Å². The van der Waals surface area contributed by atoms with Gasteiger partial charge >= 0.3 is 0 Å². The first-order valence-electron chi connectivity index (χ1n) is 13.4. The van der Waals surface area contributed by atoms with Crippen LogP contribution in [0.5, 0.6) is 0 Å². The predicted octanol–water partition coefficient (Wildman–Crippen LogP) is 2.64. The molecule has 10 heteroatoms. The molecule has 10 nitrogen and oxygen atoms in total. The maximum atomic E-state index is 13.3. The second kappa shape index (κ2) is 14.4. The lowest BCUT2D eigenvalue weighted by Gasteiger charge is -2.17. The van der Waals surface area contributed by atoms with Gasteiger partial charge in [-0.3, -0.25) is 19.2 Å². The number of rotatable bonds is 14. The molecule has 3 aromatic rings. The van der Waals surface area contributed by atoms with Crippen molar-refractivity contribution in [3.05, 3.63) is 76.0 Å². The lowest BCUT2D eigenvalue weighted by Crippen LogP contribution is -2.43. The summed E-state index contributed by atoms with van der Waals surface area (Å²) in [6.07, 6.45) is 6.21. The number of amides is 2. The highest BCUT2D eigenvalue weighted by atomic mass is 16.5. The first-order chi connectivity index (χ1) is 19.1. The topological polar surface area (TPSA) is 126 Å². The van der Waals surface area contributed by atoms with E-state index < -0.39 is 11.9 Å². The number of carbonyl (C=O) groups excluding carboxylic acids is 3. The normalized spacial score (nSPS) is 12.2. The molecule has 0 saturated carbocycles. The highest BCUT2D eigenvalue weighted by molar-refractivity contribution is 5.91. The molecule has 2 heterocycles. The van der Waals surface area contributed by atoms with Crippen LogP contribution < -0.4 is 10.9 Å². The average molecular weight is 550 g/mol. The first-order valence-corrected chi connectivity index (χ1v) is 13.4. The SMILES string of the molecule is COCC(=O)N[C@@H](CC/C=C/C(=O)N(C)C)C(=O)Cc1cccn(Cc2nc3c(CC(C)C)cccc3[nH]2)c1=O. The summed E-state index contributed by atoms with van der Waals surface area (Å²) in [5.41, 5.74) is 3.01. The van der Waals surface area contributed by atoms with Crippen molar-refractivity contribution in [1.29, 1.82) is 0 Å². The van der Waals surface area contributed by atoms with Crippen molar-refractivity contribution in [2.45, 2.75) is 52.1 Å². The Kier molecular flexibility index (Phi) is 11.0. The van der Waals surface area contributed by atoms with Crippen LogP contribution in [-0.2, 0) is 38.5 Å². The van der Waals surface area contributed by atoms with Gasteiger partial charge in [0.15, 0.2) is 5.78 Å². The number of ether oxygens (including phenoxy) is 1. The minimum Gasteiger partial charge on any atom is -0.375 e. The Morgan fingerprint density at radius 2 is 1.90 bits per heavy atom. The zero-order valence-corrected chi connectivity index (χ0v) is 23.9. The van der Waals surface area contributed by atoms with E-state index in [4.69, 9.17) is 9.72 Å². The third-order valence-corrected chi connectivity index (χ3v) is 6.38. The Balaban J connectivity index is 1.76. The lowest BCUT2D eigenvalue weighted by atomic mass is 10.0. The lowest BCUT2D eigenvalue weighted by molar-refractivity contribution is -0.130. The van der Waals surface area contributed by atoms with Gasteiger partial charge in [0.2, 0.25) is 11.8 Å². The summed E-state index contributed by atoms with van der Waals surface area (Å²) in [4.78, 5) is 60.0. The smallest absolute Gasteiger partial charge is 0.254 e. The fourth-order valence-corrected chi connectivity index (χ4v) is 4.42. The van der Waals surface area contributed by atoms with Crippen LogP contribution in [0.2, 0.25) is 0 Å². The minimum absolute atomic E-state index is 0.142. The van der Waals surface area contributed by atoms with Crippen molar-refractivity contribution in [2.24, 2.45) is 5.92 Å². The van der Waals surface area contributed by atoms with Crippen LogP contribution in [0.4, 0.5) is 0 Å². The third-order valence-electron chi connectivity index (χ3n) is 6.38. The summed E-state index contributed by atoms with van der Waals surface area (Å²) in [6.45, 7) is 4.37. The average Bonchev–Trinajstić information content (AvgIpc) is 3.31. The molecule has 2 N–H and O–H groups in total. The number of nitrogens with zero attached hydrogens (tertiary/aromatic N) is 3. The first kappa shape index (κ1) is 30.5. The number of aromatic nitrogens is 3. The number of carbonyl (C=O) groups is 3. The van der Waals surface area contributed by atoms with E-state index in [0.29, 0.717) is 23.7 Å². The minimum atomic E-state index is -0.829. The fourth-order valence-electron chi connectivity index (χ4n) is 4.42. The number of nitrogens with one attached hydrogen (secondary N) is 2. The second-order valence-corrected chi connectivity index (χ2v) is 10.5. The molecule has 0 aliphatic carbocycles. The number of hydrogen-bond acceptors (Lipinski definition) is 6. The Labute approximate surface area is 234 Å². The van der Waals surface area contributed by atoms with Gasteiger partial charge in [-0.2, -0.15) is 0 Å². The Bertz CT molecular complexity index is 1420. The summed E-state index contributed by atoms with van der Waals surface area (Å²) >= 11 is 0. The number of fused-ring (bicyclic) bond motifs is 1. The zero-order chi connectivity index (χ0) is 29.2. The highest BCUT2D eigenvalue weighted by Gasteiger charge is 2.22. The van der Waals surface area contributed by atoms with E-state index >= 15 is 0 Å². The van der Waals surface area contributed by atoms with Gasteiger partial charge in [0.25, 0.3) is 5.56 Å². The van der Waals surface area contributed by atoms with Crippen molar-refractivity contribution in [3.8, 4) is 0 Å². The van der Waals surface area contributed by atoms with E-state index in [0.717, 1.165) is 23.0 Å². The number of likely N-dealkylation sites (N-methyl/N-ethyl adjacent to an activating group) is 1. The van der Waals surface area contributed by atoms with Gasteiger partial charge in [-0.15, -0.1) is 0 Å². The van der Waals surface area contributed by atoms with Crippen LogP contribution in [0, 0.1) is 5.92 Å². The van der Waals surface area contributed by atoms with Gasteiger partial charge in [-0.05, 0) is 49.0 Å². The molecule has 0 aliphatic rings. The maximum Gasteiger partial charge on any atom is 0.254 e. The number of Topliss-reactive ketones (excluding diaryl/α,β-unsaturated/α-hetero) is 1. The summed E-state index contributed by atoms with van der Waals surface area (Å²) in [5.74, 6) is 0.245. The molecule has 0 saturated heterocycles. The maximum absolute atomic E-state index is 13.3. The molecule has 0 aliphatic heterocycles. The van der Waals surface area contributed by atoms with Gasteiger partial charge in [0, 0.05) is 39.4 Å². The summed E-state index contributed by atoms with van der Waals surface area (Å²) in [5, 5.41) is 2.69. The number of ketones is 1. The summed E-state index contributed by atoms with van der Waals surface area (Å²) in [7, 11) is 4.69. The van der Waals surface area contributed by atoms with Crippen LogP contribution >= 0.6 is 0 Å². The third kappa shape index (κ3) is 8.47. The molecule has 0 bridgehead atoms. The molecule has 3 rings (SSSR count). The van der Waals surface area contributed by atoms with Crippen LogP contribution in [0.15, 0.2) is 53.5 Å². The number of para-hydroxylation sites is 1. The van der Waals surface area contributed by atoms with E-state index in [1.54, 1.807) is 38.5 Å². The standard InChI is InChI=1S/C30H39N5O5/c1-20(2)16-21-10-8-13-24-29(21)33-26(31-24)18-35-15-9-11-22(30(35)39)17-25(36)23(32-27(37)19-40-5)12-6-7-14-28(38)34(3)4/h7-11,13-15,20,23H,6,12,16-19H2,1-5H3,(H,31,33)(H,32,37)/b14-7+/t23-/m0/s1. The largest absolute Gasteiger partial charge is 0.375 e. The van der Waals surface area contributed by atoms with Gasteiger partial charge in [-0.1, -0.05) is 38.1 Å². The number of benzene rings is 1. The number of hydrogen-bond donors (Lipinski definition) is 2. The van der Waals surface area contributed by atoms with E-state index in [1.807, 2.05) is 12.1 Å². The molecule has 0 fully saturated rings. The van der Waals surface area contributed by atoms with Gasteiger partial charge in [0.05, 0.1) is 23.6 Å². The monoisotopic (exact) mass is 549 g/mol. The number of methoxy groups -OCH3 is 1. The van der Waals surface area contributed by atoms with E-state index in [1.165, 1.54) is 22.7 Å². The molecular formula is C30H39N5O5. The van der Waals surface area contributed by atoms with E-state index in [2.05, 4.69) is 30.2 Å². The number of imidazole rings is 1. The van der Waals surface area contributed by atoms with Gasteiger partial charge < -0.3 is 24.5 Å². The zero-order valence-electron chi connectivity index (χ0n) is 23.9. The predicted molar refractivity (Wildman–Crippen MR) is 154 cm³/mol. The van der Waals surface area contributed by atoms with Crippen molar-refractivity contribution in [1.82, 2.24) is 24.8 Å². The quantitative estimate of drug-likeness (QED) is 0.298. The van der Waals surface area contributed by atoms with Crippen molar-refractivity contribution < 1.29 is 19.1 Å². The molecule has 2 aromatic heterocycles. The molecule has 0 radical (unpaired) electrons. The molecule has 2 amide bonds. The number of allylic oxidation sites excluding steroid dienone is 1. The molecule has 1 atom stereocenters. The van der Waals surface area contributed by atoms with E-state index in [9.17, 15) is 19.2 Å². The molecule has 0 spiro atoms. The van der Waals surface area contributed by atoms with Crippen molar-refractivity contribution in [3.63, 3.8) is 0 Å². The van der Waals surface area contributed by atoms with Gasteiger partial charge in [-0.25, -0.2) is 4.98 Å². The highest BCUT2D eigenvalue weighted by Crippen LogP contribution is 2.20.